The number of carboxylic acid groups (broad SMARTS) is 1. The van der Waals surface area contributed by atoms with Crippen molar-refractivity contribution in [3.8, 4) is 0 Å². The SMILES string of the molecule is CCCN(C)C(C)(CC)C(=O)O. The van der Waals surface area contributed by atoms with E-state index in [9.17, 15) is 4.79 Å². The van der Waals surface area contributed by atoms with Gasteiger partial charge in [0.1, 0.15) is 5.54 Å². The molecule has 0 radical (unpaired) electrons. The fourth-order valence-electron chi connectivity index (χ4n) is 1.17. The number of carboxylic acids is 1. The van der Waals surface area contributed by atoms with Gasteiger partial charge in [0.05, 0.1) is 0 Å². The van der Waals surface area contributed by atoms with Crippen LogP contribution >= 0.6 is 0 Å². The lowest BCUT2D eigenvalue weighted by molar-refractivity contribution is -0.149. The molecule has 0 spiro atoms. The largest absolute Gasteiger partial charge is 0.480 e. The van der Waals surface area contributed by atoms with Crippen LogP contribution in [-0.2, 0) is 4.79 Å². The number of aliphatic carboxylic acids is 1. The van der Waals surface area contributed by atoms with E-state index in [0.29, 0.717) is 6.42 Å². The molecule has 0 aliphatic heterocycles. The van der Waals surface area contributed by atoms with Crippen LogP contribution in [0.15, 0.2) is 0 Å². The van der Waals surface area contributed by atoms with E-state index in [2.05, 4.69) is 6.92 Å². The maximum Gasteiger partial charge on any atom is 0.323 e. The fourth-order valence-corrected chi connectivity index (χ4v) is 1.17. The Labute approximate surface area is 74.4 Å². The van der Waals surface area contributed by atoms with E-state index in [4.69, 9.17) is 5.11 Å². The molecule has 72 valence electrons. The van der Waals surface area contributed by atoms with Gasteiger partial charge >= 0.3 is 5.97 Å². The minimum atomic E-state index is -0.735. The highest BCUT2D eigenvalue weighted by molar-refractivity contribution is 5.78. The third-order valence-corrected chi connectivity index (χ3v) is 2.55. The van der Waals surface area contributed by atoms with Gasteiger partial charge in [-0.15, -0.1) is 0 Å². The van der Waals surface area contributed by atoms with E-state index in [1.807, 2.05) is 18.9 Å². The molecule has 12 heavy (non-hydrogen) atoms. The third kappa shape index (κ3) is 2.21. The number of rotatable bonds is 5. The monoisotopic (exact) mass is 173 g/mol. The average molecular weight is 173 g/mol. The molecule has 0 aliphatic rings. The quantitative estimate of drug-likeness (QED) is 0.686. The number of hydrogen-bond donors (Lipinski definition) is 1. The van der Waals surface area contributed by atoms with E-state index < -0.39 is 11.5 Å². The molecular formula is C9H19NO2. The second-order valence-corrected chi connectivity index (χ2v) is 3.35. The van der Waals surface area contributed by atoms with Crippen LogP contribution in [0.25, 0.3) is 0 Å². The van der Waals surface area contributed by atoms with Crippen LogP contribution in [-0.4, -0.2) is 35.1 Å². The second-order valence-electron chi connectivity index (χ2n) is 3.35. The second kappa shape index (κ2) is 4.45. The van der Waals surface area contributed by atoms with E-state index >= 15 is 0 Å². The Balaban J connectivity index is 4.39. The van der Waals surface area contributed by atoms with Crippen molar-refractivity contribution in [2.24, 2.45) is 0 Å². The molecular weight excluding hydrogens is 154 g/mol. The van der Waals surface area contributed by atoms with E-state index in [0.717, 1.165) is 13.0 Å². The maximum atomic E-state index is 10.9. The maximum absolute atomic E-state index is 10.9. The fraction of sp³-hybridized carbons (Fsp3) is 0.889. The Kier molecular flexibility index (Phi) is 4.24. The summed E-state index contributed by atoms with van der Waals surface area (Å²) in [5.74, 6) is -0.735. The van der Waals surface area contributed by atoms with Gasteiger partial charge in [0.25, 0.3) is 0 Å². The molecule has 0 aliphatic carbocycles. The smallest absolute Gasteiger partial charge is 0.323 e. The Bertz CT molecular complexity index is 159. The summed E-state index contributed by atoms with van der Waals surface area (Å²) in [7, 11) is 1.86. The number of hydrogen-bond acceptors (Lipinski definition) is 2. The Morgan fingerprint density at radius 2 is 2.00 bits per heavy atom. The summed E-state index contributed by atoms with van der Waals surface area (Å²) >= 11 is 0. The van der Waals surface area contributed by atoms with Crippen molar-refractivity contribution < 1.29 is 9.90 Å². The van der Waals surface area contributed by atoms with Crippen molar-refractivity contribution in [3.05, 3.63) is 0 Å². The topological polar surface area (TPSA) is 40.5 Å². The van der Waals surface area contributed by atoms with Crippen LogP contribution in [0.5, 0.6) is 0 Å². The molecule has 0 rings (SSSR count). The molecule has 1 atom stereocenters. The van der Waals surface area contributed by atoms with Crippen molar-refractivity contribution in [2.45, 2.75) is 39.2 Å². The van der Waals surface area contributed by atoms with Gasteiger partial charge in [-0.3, -0.25) is 9.69 Å². The summed E-state index contributed by atoms with van der Waals surface area (Å²) in [5, 5.41) is 8.99. The van der Waals surface area contributed by atoms with Crippen molar-refractivity contribution in [1.82, 2.24) is 4.90 Å². The normalized spacial score (nSPS) is 16.1. The van der Waals surface area contributed by atoms with Gasteiger partial charge in [0, 0.05) is 0 Å². The van der Waals surface area contributed by atoms with Crippen LogP contribution < -0.4 is 0 Å². The summed E-state index contributed by atoms with van der Waals surface area (Å²) in [6.07, 6.45) is 1.62. The molecule has 3 nitrogen and oxygen atoms in total. The lowest BCUT2D eigenvalue weighted by atomic mass is 9.97. The molecule has 0 amide bonds. The highest BCUT2D eigenvalue weighted by Gasteiger charge is 2.34. The van der Waals surface area contributed by atoms with Gasteiger partial charge in [-0.2, -0.15) is 0 Å². The van der Waals surface area contributed by atoms with Gasteiger partial charge in [0.15, 0.2) is 0 Å². The highest BCUT2D eigenvalue weighted by atomic mass is 16.4. The molecule has 0 bridgehead atoms. The van der Waals surface area contributed by atoms with Crippen LogP contribution in [0.3, 0.4) is 0 Å². The molecule has 0 aromatic carbocycles. The summed E-state index contributed by atoms with van der Waals surface area (Å²) in [5.41, 5.74) is -0.698. The zero-order valence-corrected chi connectivity index (χ0v) is 8.42. The van der Waals surface area contributed by atoms with Crippen LogP contribution in [0.2, 0.25) is 0 Å². The van der Waals surface area contributed by atoms with Crippen molar-refractivity contribution in [2.75, 3.05) is 13.6 Å². The van der Waals surface area contributed by atoms with Crippen molar-refractivity contribution in [3.63, 3.8) is 0 Å². The minimum absolute atomic E-state index is 0.638. The molecule has 0 saturated carbocycles. The van der Waals surface area contributed by atoms with Gasteiger partial charge in [-0.25, -0.2) is 0 Å². The predicted molar refractivity (Wildman–Crippen MR) is 49.3 cm³/mol. The van der Waals surface area contributed by atoms with Gasteiger partial charge < -0.3 is 5.11 Å². The van der Waals surface area contributed by atoms with Crippen molar-refractivity contribution >= 4 is 5.97 Å². The summed E-state index contributed by atoms with van der Waals surface area (Å²) in [6.45, 7) is 6.55. The van der Waals surface area contributed by atoms with E-state index in [-0.39, 0.29) is 0 Å². The zero-order chi connectivity index (χ0) is 9.78. The Morgan fingerprint density at radius 1 is 1.50 bits per heavy atom. The number of carbonyl (C=O) groups is 1. The zero-order valence-electron chi connectivity index (χ0n) is 8.42. The van der Waals surface area contributed by atoms with E-state index in [1.54, 1.807) is 6.92 Å². The molecule has 0 saturated heterocycles. The summed E-state index contributed by atoms with van der Waals surface area (Å²) in [4.78, 5) is 12.8. The van der Waals surface area contributed by atoms with Crippen LogP contribution in [0.1, 0.15) is 33.6 Å². The molecule has 1 unspecified atom stereocenters. The molecule has 0 fully saturated rings. The first-order valence-corrected chi connectivity index (χ1v) is 4.43. The lowest BCUT2D eigenvalue weighted by Crippen LogP contribution is -2.50. The number of nitrogens with zero attached hydrogens (tertiary/aromatic N) is 1. The van der Waals surface area contributed by atoms with Gasteiger partial charge in [0.2, 0.25) is 0 Å². The average Bonchev–Trinajstić information content (AvgIpc) is 2.03. The molecule has 3 heteroatoms. The molecule has 1 N–H and O–H groups in total. The van der Waals surface area contributed by atoms with Crippen LogP contribution in [0.4, 0.5) is 0 Å². The Hall–Kier alpha value is -0.570. The summed E-state index contributed by atoms with van der Waals surface area (Å²) < 4.78 is 0. The standard InChI is InChI=1S/C9H19NO2/c1-5-7-10(4)9(3,6-2)8(11)12/h5-7H2,1-4H3,(H,11,12). The van der Waals surface area contributed by atoms with Crippen molar-refractivity contribution in [1.29, 1.82) is 0 Å². The van der Waals surface area contributed by atoms with Gasteiger partial charge in [-0.1, -0.05) is 13.8 Å². The highest BCUT2D eigenvalue weighted by Crippen LogP contribution is 2.17. The minimum Gasteiger partial charge on any atom is -0.480 e. The van der Waals surface area contributed by atoms with E-state index in [1.165, 1.54) is 0 Å². The molecule has 0 heterocycles. The predicted octanol–water partition coefficient (Wildman–Crippen LogP) is 1.58. The number of likely N-dealkylation sites (N-methyl/N-ethyl adjacent to an activating group) is 1. The first-order chi connectivity index (χ1) is 5.49. The molecule has 0 aromatic rings. The first-order valence-electron chi connectivity index (χ1n) is 4.43. The lowest BCUT2D eigenvalue weighted by Gasteiger charge is -2.33. The molecule has 0 aromatic heterocycles. The van der Waals surface area contributed by atoms with Gasteiger partial charge in [-0.05, 0) is 33.4 Å². The summed E-state index contributed by atoms with van der Waals surface area (Å²) in [6, 6.07) is 0. The first kappa shape index (κ1) is 11.4. The van der Waals surface area contributed by atoms with Crippen LogP contribution in [0, 0.1) is 0 Å². The third-order valence-electron chi connectivity index (χ3n) is 2.55. The Morgan fingerprint density at radius 3 is 2.25 bits per heavy atom.